The van der Waals surface area contributed by atoms with Crippen molar-refractivity contribution in [1.29, 1.82) is 0 Å². The van der Waals surface area contributed by atoms with Gasteiger partial charge in [-0.2, -0.15) is 0 Å². The minimum absolute atomic E-state index is 0.00381. The van der Waals surface area contributed by atoms with Gasteiger partial charge in [-0.1, -0.05) is 36.4 Å². The minimum Gasteiger partial charge on any atom is -0.348 e. The third-order valence-electron chi connectivity index (χ3n) is 4.10. The van der Waals surface area contributed by atoms with Gasteiger partial charge >= 0.3 is 0 Å². The minimum atomic E-state index is -0.0791. The maximum absolute atomic E-state index is 12.5. The first-order valence-corrected chi connectivity index (χ1v) is 7.94. The van der Waals surface area contributed by atoms with Gasteiger partial charge < -0.3 is 10.2 Å². The molecule has 2 amide bonds. The third-order valence-corrected chi connectivity index (χ3v) is 4.10. The summed E-state index contributed by atoms with van der Waals surface area (Å²) in [5.74, 6) is -0.0473. The normalized spacial score (nSPS) is 17.6. The van der Waals surface area contributed by atoms with E-state index in [9.17, 15) is 9.59 Å². The summed E-state index contributed by atoms with van der Waals surface area (Å²) in [6, 6.07) is 18.5. The summed E-state index contributed by atoms with van der Waals surface area (Å²) in [7, 11) is 0. The molecular formula is C19H20N2O2. The second kappa shape index (κ2) is 7.09. The lowest BCUT2D eigenvalue weighted by atomic mass is 10.0. The molecular weight excluding hydrogens is 288 g/mol. The molecule has 0 bridgehead atoms. The smallest absolute Gasteiger partial charge is 0.253 e. The van der Waals surface area contributed by atoms with Crippen molar-refractivity contribution in [2.75, 3.05) is 13.1 Å². The van der Waals surface area contributed by atoms with Gasteiger partial charge in [0.25, 0.3) is 11.8 Å². The van der Waals surface area contributed by atoms with Crippen LogP contribution in [-0.2, 0) is 0 Å². The summed E-state index contributed by atoms with van der Waals surface area (Å²) in [6.07, 6.45) is 1.80. The summed E-state index contributed by atoms with van der Waals surface area (Å²) in [4.78, 5) is 26.6. The zero-order valence-electron chi connectivity index (χ0n) is 12.9. The molecule has 1 aliphatic rings. The van der Waals surface area contributed by atoms with Crippen molar-refractivity contribution < 1.29 is 9.59 Å². The van der Waals surface area contributed by atoms with Crippen LogP contribution in [0.25, 0.3) is 0 Å². The Balaban J connectivity index is 1.62. The Labute approximate surface area is 136 Å². The average molecular weight is 308 g/mol. The number of carbonyl (C=O) groups excluding carboxylic acids is 2. The van der Waals surface area contributed by atoms with Crippen molar-refractivity contribution in [2.45, 2.75) is 18.9 Å². The highest BCUT2D eigenvalue weighted by Gasteiger charge is 2.25. The Morgan fingerprint density at radius 2 is 1.52 bits per heavy atom. The summed E-state index contributed by atoms with van der Waals surface area (Å²) < 4.78 is 0. The molecule has 2 aromatic carbocycles. The predicted molar refractivity (Wildman–Crippen MR) is 89.3 cm³/mol. The Bertz CT molecular complexity index is 670. The molecule has 1 N–H and O–H groups in total. The van der Waals surface area contributed by atoms with E-state index in [1.165, 1.54) is 0 Å². The fourth-order valence-corrected chi connectivity index (χ4v) is 2.90. The zero-order chi connectivity index (χ0) is 16.1. The molecule has 118 valence electrons. The molecule has 1 atom stereocenters. The number of hydrogen-bond donors (Lipinski definition) is 1. The van der Waals surface area contributed by atoms with Crippen LogP contribution < -0.4 is 5.32 Å². The fraction of sp³-hybridized carbons (Fsp3) is 0.263. The topological polar surface area (TPSA) is 49.4 Å². The molecule has 1 aliphatic heterocycles. The van der Waals surface area contributed by atoms with E-state index in [4.69, 9.17) is 0 Å². The second-order valence-electron chi connectivity index (χ2n) is 5.80. The number of piperidine rings is 1. The van der Waals surface area contributed by atoms with Crippen LogP contribution in [-0.4, -0.2) is 35.8 Å². The third kappa shape index (κ3) is 3.77. The van der Waals surface area contributed by atoms with Crippen LogP contribution in [0, 0.1) is 0 Å². The van der Waals surface area contributed by atoms with Gasteiger partial charge in [-0.25, -0.2) is 0 Å². The van der Waals surface area contributed by atoms with Gasteiger partial charge in [0.05, 0.1) is 0 Å². The molecule has 1 saturated heterocycles. The van der Waals surface area contributed by atoms with Gasteiger partial charge in [-0.3, -0.25) is 9.59 Å². The van der Waals surface area contributed by atoms with Crippen molar-refractivity contribution in [1.82, 2.24) is 10.2 Å². The van der Waals surface area contributed by atoms with Crippen LogP contribution >= 0.6 is 0 Å². The zero-order valence-corrected chi connectivity index (χ0v) is 12.9. The molecule has 1 unspecified atom stereocenters. The van der Waals surface area contributed by atoms with E-state index in [0.29, 0.717) is 17.7 Å². The van der Waals surface area contributed by atoms with Crippen molar-refractivity contribution in [3.63, 3.8) is 0 Å². The quantitative estimate of drug-likeness (QED) is 0.948. The van der Waals surface area contributed by atoms with Crippen LogP contribution in [0.2, 0.25) is 0 Å². The number of carbonyl (C=O) groups is 2. The number of nitrogens with one attached hydrogen (secondary N) is 1. The number of hydrogen-bond acceptors (Lipinski definition) is 2. The first-order chi connectivity index (χ1) is 11.2. The molecule has 0 aliphatic carbocycles. The maximum Gasteiger partial charge on any atom is 0.253 e. The number of nitrogens with zero attached hydrogens (tertiary/aromatic N) is 1. The Kier molecular flexibility index (Phi) is 4.71. The summed E-state index contributed by atoms with van der Waals surface area (Å²) >= 11 is 0. The number of likely N-dealkylation sites (tertiary alicyclic amines) is 1. The van der Waals surface area contributed by atoms with Gasteiger partial charge in [0.2, 0.25) is 0 Å². The highest BCUT2D eigenvalue weighted by atomic mass is 16.2. The standard InChI is InChI=1S/C19H20N2O2/c22-18(15-8-3-1-4-9-15)20-17-12-7-13-21(14-17)19(23)16-10-5-2-6-11-16/h1-6,8-11,17H,7,12-14H2,(H,20,22). The molecule has 1 fully saturated rings. The number of rotatable bonds is 3. The molecule has 23 heavy (non-hydrogen) atoms. The fourth-order valence-electron chi connectivity index (χ4n) is 2.90. The van der Waals surface area contributed by atoms with E-state index < -0.39 is 0 Å². The Hall–Kier alpha value is -2.62. The van der Waals surface area contributed by atoms with E-state index in [2.05, 4.69) is 5.32 Å². The highest BCUT2D eigenvalue weighted by molar-refractivity contribution is 5.95. The first kappa shape index (κ1) is 15.3. The van der Waals surface area contributed by atoms with E-state index in [1.54, 1.807) is 12.1 Å². The summed E-state index contributed by atoms with van der Waals surface area (Å²) in [6.45, 7) is 1.30. The molecule has 1 heterocycles. The van der Waals surface area contributed by atoms with Gasteiger partial charge in [0.1, 0.15) is 0 Å². The van der Waals surface area contributed by atoms with Crippen molar-refractivity contribution in [3.8, 4) is 0 Å². The molecule has 0 spiro atoms. The van der Waals surface area contributed by atoms with E-state index in [1.807, 2.05) is 53.4 Å². The van der Waals surface area contributed by atoms with Crippen molar-refractivity contribution >= 4 is 11.8 Å². The second-order valence-corrected chi connectivity index (χ2v) is 5.80. The van der Waals surface area contributed by atoms with E-state index in [0.717, 1.165) is 19.4 Å². The van der Waals surface area contributed by atoms with Gasteiger partial charge in [-0.15, -0.1) is 0 Å². The lowest BCUT2D eigenvalue weighted by Gasteiger charge is -2.33. The summed E-state index contributed by atoms with van der Waals surface area (Å²) in [5.41, 5.74) is 1.35. The lowest BCUT2D eigenvalue weighted by Crippen LogP contribution is -2.49. The van der Waals surface area contributed by atoms with Crippen LogP contribution in [0.1, 0.15) is 33.6 Å². The molecule has 0 aromatic heterocycles. The van der Waals surface area contributed by atoms with Crippen LogP contribution in [0.5, 0.6) is 0 Å². The largest absolute Gasteiger partial charge is 0.348 e. The molecule has 0 saturated carbocycles. The molecule has 2 aromatic rings. The Morgan fingerprint density at radius 1 is 0.913 bits per heavy atom. The number of benzene rings is 2. The van der Waals surface area contributed by atoms with Crippen LogP contribution in [0.4, 0.5) is 0 Å². The van der Waals surface area contributed by atoms with Crippen molar-refractivity contribution in [2.24, 2.45) is 0 Å². The Morgan fingerprint density at radius 3 is 2.17 bits per heavy atom. The molecule has 4 nitrogen and oxygen atoms in total. The van der Waals surface area contributed by atoms with E-state index >= 15 is 0 Å². The maximum atomic E-state index is 12.5. The number of amides is 2. The predicted octanol–water partition coefficient (Wildman–Crippen LogP) is 2.72. The summed E-state index contributed by atoms with van der Waals surface area (Å²) in [5, 5.41) is 3.04. The van der Waals surface area contributed by atoms with Crippen LogP contribution in [0.15, 0.2) is 60.7 Å². The highest BCUT2D eigenvalue weighted by Crippen LogP contribution is 2.14. The SMILES string of the molecule is O=C(NC1CCCN(C(=O)c2ccccc2)C1)c1ccccc1. The average Bonchev–Trinajstić information content (AvgIpc) is 2.63. The molecule has 4 heteroatoms. The van der Waals surface area contributed by atoms with E-state index in [-0.39, 0.29) is 17.9 Å². The van der Waals surface area contributed by atoms with Gasteiger partial charge in [0.15, 0.2) is 0 Å². The molecule has 0 radical (unpaired) electrons. The van der Waals surface area contributed by atoms with Crippen LogP contribution in [0.3, 0.4) is 0 Å². The van der Waals surface area contributed by atoms with Crippen molar-refractivity contribution in [3.05, 3.63) is 71.8 Å². The monoisotopic (exact) mass is 308 g/mol. The van der Waals surface area contributed by atoms with Gasteiger partial charge in [0, 0.05) is 30.3 Å². The molecule has 3 rings (SSSR count). The first-order valence-electron chi connectivity index (χ1n) is 7.94. The van der Waals surface area contributed by atoms with Gasteiger partial charge in [-0.05, 0) is 37.1 Å². The lowest BCUT2D eigenvalue weighted by molar-refractivity contribution is 0.0676.